The van der Waals surface area contributed by atoms with Gasteiger partial charge in [0.1, 0.15) is 6.04 Å². The van der Waals surface area contributed by atoms with Gasteiger partial charge in [-0.3, -0.25) is 14.6 Å². The molecule has 10 heteroatoms. The zero-order valence-electron chi connectivity index (χ0n) is 21.1. The van der Waals surface area contributed by atoms with Gasteiger partial charge < -0.3 is 10.2 Å². The molecular formula is C28H31ClN4O4S. The number of pyridine rings is 1. The minimum Gasteiger partial charge on any atom is -0.349 e. The summed E-state index contributed by atoms with van der Waals surface area (Å²) < 4.78 is 27.5. The van der Waals surface area contributed by atoms with Crippen LogP contribution in [-0.2, 0) is 39.1 Å². The van der Waals surface area contributed by atoms with Crippen molar-refractivity contribution >= 4 is 33.4 Å². The van der Waals surface area contributed by atoms with Crippen LogP contribution in [0.25, 0.3) is 0 Å². The Hall–Kier alpha value is -3.27. The van der Waals surface area contributed by atoms with Crippen molar-refractivity contribution in [2.75, 3.05) is 0 Å². The molecule has 38 heavy (non-hydrogen) atoms. The van der Waals surface area contributed by atoms with E-state index in [1.54, 1.807) is 60.5 Å². The summed E-state index contributed by atoms with van der Waals surface area (Å²) in [6.07, 6.45) is 3.97. The fourth-order valence-electron chi connectivity index (χ4n) is 3.92. The number of rotatable bonds is 12. The smallest absolute Gasteiger partial charge is 0.242 e. The van der Waals surface area contributed by atoms with E-state index < -0.39 is 16.1 Å². The van der Waals surface area contributed by atoms with Crippen LogP contribution in [-0.4, -0.2) is 42.2 Å². The Morgan fingerprint density at radius 3 is 2.34 bits per heavy atom. The van der Waals surface area contributed by atoms with Gasteiger partial charge in [-0.1, -0.05) is 41.9 Å². The van der Waals surface area contributed by atoms with Crippen LogP contribution in [0.15, 0.2) is 77.8 Å². The van der Waals surface area contributed by atoms with Gasteiger partial charge in [-0.15, -0.1) is 0 Å². The highest BCUT2D eigenvalue weighted by atomic mass is 35.5. The van der Waals surface area contributed by atoms with E-state index in [1.807, 2.05) is 24.3 Å². The molecule has 3 aromatic rings. The lowest BCUT2D eigenvalue weighted by Crippen LogP contribution is -2.47. The van der Waals surface area contributed by atoms with Crippen LogP contribution in [0.4, 0.5) is 0 Å². The van der Waals surface area contributed by atoms with E-state index in [4.69, 9.17) is 11.6 Å². The van der Waals surface area contributed by atoms with Crippen molar-refractivity contribution < 1.29 is 18.0 Å². The van der Waals surface area contributed by atoms with Gasteiger partial charge in [0.05, 0.1) is 17.1 Å². The van der Waals surface area contributed by atoms with Gasteiger partial charge in [-0.25, -0.2) is 13.1 Å². The summed E-state index contributed by atoms with van der Waals surface area (Å²) in [6, 6.07) is 18.5. The second kappa shape index (κ2) is 12.5. The number of aryl methyl sites for hydroxylation is 1. The minimum absolute atomic E-state index is 0.0343. The Balaban J connectivity index is 1.41. The number of carbonyl (C=O) groups is 2. The van der Waals surface area contributed by atoms with Crippen LogP contribution in [0.5, 0.6) is 0 Å². The van der Waals surface area contributed by atoms with Crippen LogP contribution < -0.4 is 10.0 Å². The Morgan fingerprint density at radius 2 is 1.71 bits per heavy atom. The van der Waals surface area contributed by atoms with Crippen molar-refractivity contribution in [2.45, 2.75) is 62.7 Å². The van der Waals surface area contributed by atoms with Gasteiger partial charge in [0.25, 0.3) is 0 Å². The van der Waals surface area contributed by atoms with Crippen molar-refractivity contribution in [3.63, 3.8) is 0 Å². The zero-order valence-corrected chi connectivity index (χ0v) is 22.7. The first-order chi connectivity index (χ1) is 18.2. The number of nitrogens with zero attached hydrogens (tertiary/aromatic N) is 2. The first kappa shape index (κ1) is 27.8. The van der Waals surface area contributed by atoms with Crippen molar-refractivity contribution in [1.29, 1.82) is 0 Å². The number of halogens is 1. The van der Waals surface area contributed by atoms with Crippen molar-refractivity contribution in [1.82, 2.24) is 19.9 Å². The SMILES string of the molecule is C[C@H](C(=O)NCc1ccccn1)N(Cc1ccc(Cl)cc1)C(=O)CCc1ccc(S(=O)(=O)NC2CC2)cc1. The summed E-state index contributed by atoms with van der Waals surface area (Å²) in [5.41, 5.74) is 2.41. The van der Waals surface area contributed by atoms with Crippen LogP contribution in [0.2, 0.25) is 5.02 Å². The second-order valence-electron chi connectivity index (χ2n) is 9.40. The van der Waals surface area contributed by atoms with Gasteiger partial charge in [-0.2, -0.15) is 0 Å². The van der Waals surface area contributed by atoms with Crippen LogP contribution in [0, 0.1) is 0 Å². The third-order valence-corrected chi connectivity index (χ3v) is 8.15. The quantitative estimate of drug-likeness (QED) is 0.353. The monoisotopic (exact) mass is 554 g/mol. The molecule has 0 radical (unpaired) electrons. The lowest BCUT2D eigenvalue weighted by atomic mass is 10.1. The van der Waals surface area contributed by atoms with Gasteiger partial charge >= 0.3 is 0 Å². The summed E-state index contributed by atoms with van der Waals surface area (Å²) in [7, 11) is -3.53. The van der Waals surface area contributed by atoms with E-state index in [0.717, 1.165) is 29.7 Å². The molecule has 2 amide bonds. The number of amides is 2. The van der Waals surface area contributed by atoms with E-state index in [2.05, 4.69) is 15.0 Å². The molecule has 4 rings (SSSR count). The number of hydrogen-bond donors (Lipinski definition) is 2. The van der Waals surface area contributed by atoms with E-state index >= 15 is 0 Å². The average molecular weight is 555 g/mol. The Morgan fingerprint density at radius 1 is 1.03 bits per heavy atom. The summed E-state index contributed by atoms with van der Waals surface area (Å²) in [5.74, 6) is -0.469. The van der Waals surface area contributed by atoms with E-state index in [0.29, 0.717) is 11.4 Å². The third kappa shape index (κ3) is 7.86. The molecule has 2 N–H and O–H groups in total. The maximum absolute atomic E-state index is 13.4. The van der Waals surface area contributed by atoms with E-state index in [9.17, 15) is 18.0 Å². The number of hydrogen-bond acceptors (Lipinski definition) is 5. The molecule has 8 nitrogen and oxygen atoms in total. The molecule has 1 fully saturated rings. The highest BCUT2D eigenvalue weighted by Crippen LogP contribution is 2.22. The molecule has 1 heterocycles. The van der Waals surface area contributed by atoms with E-state index in [1.165, 1.54) is 0 Å². The van der Waals surface area contributed by atoms with Gasteiger partial charge in [0.2, 0.25) is 21.8 Å². The summed E-state index contributed by atoms with van der Waals surface area (Å²) in [4.78, 5) is 32.3. The van der Waals surface area contributed by atoms with Gasteiger partial charge in [0.15, 0.2) is 0 Å². The van der Waals surface area contributed by atoms with Gasteiger partial charge in [-0.05, 0) is 73.7 Å². The third-order valence-electron chi connectivity index (χ3n) is 6.36. The summed E-state index contributed by atoms with van der Waals surface area (Å²) in [5, 5.41) is 3.45. The van der Waals surface area contributed by atoms with Crippen LogP contribution in [0.1, 0.15) is 43.0 Å². The van der Waals surface area contributed by atoms with Crippen LogP contribution in [0.3, 0.4) is 0 Å². The van der Waals surface area contributed by atoms with Crippen molar-refractivity contribution in [3.05, 3.63) is 94.8 Å². The Bertz CT molecular complexity index is 1350. The first-order valence-corrected chi connectivity index (χ1v) is 14.4. The standard InChI is InChI=1S/C28H31ClN4O4S/c1-20(28(35)31-18-25-4-2-3-17-30-25)33(19-22-5-10-23(29)11-6-22)27(34)16-9-21-7-14-26(15-8-21)38(36,37)32-24-12-13-24/h2-8,10-11,14-15,17,20,24,32H,9,12-13,16,18-19H2,1H3,(H,31,35)/t20-/m1/s1. The maximum Gasteiger partial charge on any atom is 0.242 e. The molecular weight excluding hydrogens is 524 g/mol. The Kier molecular flexibility index (Phi) is 9.14. The molecule has 0 aliphatic heterocycles. The van der Waals surface area contributed by atoms with Crippen molar-refractivity contribution in [3.8, 4) is 0 Å². The number of aromatic nitrogens is 1. The molecule has 1 aliphatic rings. The molecule has 0 unspecified atom stereocenters. The zero-order chi connectivity index (χ0) is 27.1. The molecule has 200 valence electrons. The summed E-state index contributed by atoms with van der Waals surface area (Å²) in [6.45, 7) is 2.21. The predicted octanol–water partition coefficient (Wildman–Crippen LogP) is 3.84. The minimum atomic E-state index is -3.53. The van der Waals surface area contributed by atoms with Crippen LogP contribution >= 0.6 is 11.6 Å². The fourth-order valence-corrected chi connectivity index (χ4v) is 5.35. The highest BCUT2D eigenvalue weighted by molar-refractivity contribution is 7.89. The van der Waals surface area contributed by atoms with Gasteiger partial charge in [0, 0.05) is 30.2 Å². The largest absolute Gasteiger partial charge is 0.349 e. The second-order valence-corrected chi connectivity index (χ2v) is 11.6. The highest BCUT2D eigenvalue weighted by Gasteiger charge is 2.28. The molecule has 0 spiro atoms. The number of benzene rings is 2. The average Bonchev–Trinajstić information content (AvgIpc) is 3.74. The number of sulfonamides is 1. The molecule has 1 saturated carbocycles. The lowest BCUT2D eigenvalue weighted by Gasteiger charge is -2.29. The number of nitrogens with one attached hydrogen (secondary N) is 2. The lowest BCUT2D eigenvalue weighted by molar-refractivity contribution is -0.140. The first-order valence-electron chi connectivity index (χ1n) is 12.5. The normalized spacial score (nSPS) is 14.1. The molecule has 1 atom stereocenters. The molecule has 1 aromatic heterocycles. The molecule has 1 aliphatic carbocycles. The molecule has 0 saturated heterocycles. The molecule has 2 aromatic carbocycles. The van der Waals surface area contributed by atoms with Crippen molar-refractivity contribution in [2.24, 2.45) is 0 Å². The Labute approximate surface area is 228 Å². The fraction of sp³-hybridized carbons (Fsp3) is 0.321. The molecule has 0 bridgehead atoms. The topological polar surface area (TPSA) is 108 Å². The van der Waals surface area contributed by atoms with E-state index in [-0.39, 0.29) is 42.3 Å². The summed E-state index contributed by atoms with van der Waals surface area (Å²) >= 11 is 6.02. The predicted molar refractivity (Wildman–Crippen MR) is 146 cm³/mol. The maximum atomic E-state index is 13.4. The number of carbonyl (C=O) groups excluding carboxylic acids is 2.